The molecule has 0 bridgehead atoms. The number of carbonyl (C=O) groups excluding carboxylic acids is 2. The molecule has 0 fully saturated rings. The molecule has 1 aromatic heterocycles. The molecule has 0 aliphatic carbocycles. The van der Waals surface area contributed by atoms with Crippen molar-refractivity contribution in [2.24, 2.45) is 0 Å². The maximum absolute atomic E-state index is 12.4. The van der Waals surface area contributed by atoms with Crippen molar-refractivity contribution in [1.29, 1.82) is 0 Å². The highest BCUT2D eigenvalue weighted by Gasteiger charge is 2.18. The van der Waals surface area contributed by atoms with E-state index >= 15 is 0 Å². The smallest absolute Gasteiger partial charge is 0.348 e. The molecule has 3 aromatic rings. The van der Waals surface area contributed by atoms with Crippen LogP contribution in [0.1, 0.15) is 21.0 Å². The van der Waals surface area contributed by atoms with Crippen molar-refractivity contribution in [1.82, 2.24) is 14.8 Å². The second kappa shape index (κ2) is 6.83. The summed E-state index contributed by atoms with van der Waals surface area (Å²) in [6.45, 7) is 0. The molecule has 8 heteroatoms. The molecule has 0 aliphatic rings. The van der Waals surface area contributed by atoms with Crippen molar-refractivity contribution in [3.8, 4) is 5.69 Å². The van der Waals surface area contributed by atoms with Crippen molar-refractivity contribution in [2.75, 3.05) is 12.4 Å². The first-order valence-electron chi connectivity index (χ1n) is 7.33. The number of nitrogens with one attached hydrogen (secondary N) is 2. The van der Waals surface area contributed by atoms with Crippen LogP contribution in [0.15, 0.2) is 59.4 Å². The molecule has 2 N–H and O–H groups in total. The minimum Gasteiger partial charge on any atom is -0.465 e. The summed E-state index contributed by atoms with van der Waals surface area (Å²) in [7, 11) is 1.25. The summed E-state index contributed by atoms with van der Waals surface area (Å²) in [6, 6.07) is 15.1. The first kappa shape index (κ1) is 16.2. The number of aromatic amines is 1. The molecule has 0 atom stereocenters. The summed E-state index contributed by atoms with van der Waals surface area (Å²) in [5.74, 6) is -1.41. The number of hydrogen-bond acceptors (Lipinski definition) is 5. The van der Waals surface area contributed by atoms with E-state index in [1.807, 2.05) is 0 Å². The number of benzene rings is 2. The zero-order valence-corrected chi connectivity index (χ0v) is 13.2. The highest BCUT2D eigenvalue weighted by Crippen LogP contribution is 2.16. The summed E-state index contributed by atoms with van der Waals surface area (Å²) in [5.41, 5.74) is 0.438. The number of ether oxygens (including phenoxy) is 1. The SMILES string of the molecule is COC(=O)c1ccccc1NC(=O)c1nn(-c2ccccc2)c(=O)[nH]1. The van der Waals surface area contributed by atoms with Crippen molar-refractivity contribution < 1.29 is 14.3 Å². The first-order valence-corrected chi connectivity index (χ1v) is 7.33. The minimum absolute atomic E-state index is 0.173. The van der Waals surface area contributed by atoms with Gasteiger partial charge in [0.05, 0.1) is 24.0 Å². The second-order valence-corrected chi connectivity index (χ2v) is 5.02. The fraction of sp³-hybridized carbons (Fsp3) is 0.0588. The maximum Gasteiger partial charge on any atom is 0.348 e. The van der Waals surface area contributed by atoms with E-state index in [0.29, 0.717) is 5.69 Å². The van der Waals surface area contributed by atoms with Gasteiger partial charge in [-0.05, 0) is 24.3 Å². The molecular formula is C17H14N4O4. The number of esters is 1. The fourth-order valence-electron chi connectivity index (χ4n) is 2.23. The molecule has 8 nitrogen and oxygen atoms in total. The molecule has 0 spiro atoms. The van der Waals surface area contributed by atoms with Crippen molar-refractivity contribution in [2.45, 2.75) is 0 Å². The number of H-pyrrole nitrogens is 1. The Labute approximate surface area is 142 Å². The Morgan fingerprint density at radius 3 is 2.48 bits per heavy atom. The van der Waals surface area contributed by atoms with Gasteiger partial charge >= 0.3 is 11.7 Å². The predicted molar refractivity (Wildman–Crippen MR) is 89.9 cm³/mol. The van der Waals surface area contributed by atoms with Crippen LogP contribution in [0.4, 0.5) is 5.69 Å². The van der Waals surface area contributed by atoms with Gasteiger partial charge in [0.25, 0.3) is 5.91 Å². The van der Waals surface area contributed by atoms with Crippen LogP contribution in [-0.4, -0.2) is 33.8 Å². The van der Waals surface area contributed by atoms with E-state index in [9.17, 15) is 14.4 Å². The van der Waals surface area contributed by atoms with Gasteiger partial charge in [0.1, 0.15) is 0 Å². The summed E-state index contributed by atoms with van der Waals surface area (Å²) < 4.78 is 5.76. The van der Waals surface area contributed by atoms with Crippen LogP contribution < -0.4 is 11.0 Å². The standard InChI is InChI=1S/C17H14N4O4/c1-25-16(23)12-9-5-6-10-13(12)18-15(22)14-19-17(24)21(20-14)11-7-3-2-4-8-11/h2-10H,1H3,(H,18,22)(H,19,20,24). The third-order valence-electron chi connectivity index (χ3n) is 3.41. The third kappa shape index (κ3) is 3.32. The molecule has 126 valence electrons. The van der Waals surface area contributed by atoms with E-state index in [0.717, 1.165) is 4.68 Å². The van der Waals surface area contributed by atoms with Gasteiger partial charge in [0.2, 0.25) is 5.82 Å². The van der Waals surface area contributed by atoms with Crippen LogP contribution in [0, 0.1) is 0 Å². The van der Waals surface area contributed by atoms with E-state index in [1.165, 1.54) is 13.2 Å². The van der Waals surface area contributed by atoms with E-state index < -0.39 is 17.6 Å². The molecular weight excluding hydrogens is 324 g/mol. The van der Waals surface area contributed by atoms with Gasteiger partial charge in [-0.15, -0.1) is 5.10 Å². The van der Waals surface area contributed by atoms with Gasteiger partial charge < -0.3 is 10.1 Å². The van der Waals surface area contributed by atoms with Crippen LogP contribution in [0.3, 0.4) is 0 Å². The van der Waals surface area contributed by atoms with Crippen LogP contribution >= 0.6 is 0 Å². The number of para-hydroxylation sites is 2. The lowest BCUT2D eigenvalue weighted by atomic mass is 10.2. The highest BCUT2D eigenvalue weighted by molar-refractivity contribution is 6.06. The average molecular weight is 338 g/mol. The van der Waals surface area contributed by atoms with Crippen molar-refractivity contribution in [3.63, 3.8) is 0 Å². The first-order chi connectivity index (χ1) is 12.1. The van der Waals surface area contributed by atoms with Gasteiger partial charge in [-0.2, -0.15) is 4.68 Å². The largest absolute Gasteiger partial charge is 0.465 e. The number of hydrogen-bond donors (Lipinski definition) is 2. The van der Waals surface area contributed by atoms with Crippen molar-refractivity contribution in [3.05, 3.63) is 76.5 Å². The van der Waals surface area contributed by atoms with Crippen LogP contribution in [0.5, 0.6) is 0 Å². The molecule has 2 aromatic carbocycles. The lowest BCUT2D eigenvalue weighted by molar-refractivity contribution is 0.0602. The molecule has 0 unspecified atom stereocenters. The van der Waals surface area contributed by atoms with Crippen LogP contribution in [0.25, 0.3) is 5.69 Å². The third-order valence-corrected chi connectivity index (χ3v) is 3.41. The molecule has 0 saturated heterocycles. The van der Waals surface area contributed by atoms with Gasteiger partial charge in [-0.1, -0.05) is 30.3 Å². The summed E-state index contributed by atoms with van der Waals surface area (Å²) in [6.07, 6.45) is 0. The maximum atomic E-state index is 12.4. The van der Waals surface area contributed by atoms with E-state index in [2.05, 4.69) is 20.1 Å². The molecule has 0 aliphatic heterocycles. The average Bonchev–Trinajstić information content (AvgIpc) is 3.04. The van der Waals surface area contributed by atoms with Crippen LogP contribution in [-0.2, 0) is 4.74 Å². The van der Waals surface area contributed by atoms with Gasteiger partial charge in [0, 0.05) is 0 Å². The number of carbonyl (C=O) groups is 2. The van der Waals surface area contributed by atoms with Crippen molar-refractivity contribution >= 4 is 17.6 Å². The van der Waals surface area contributed by atoms with Gasteiger partial charge in [-0.3, -0.25) is 9.78 Å². The zero-order valence-electron chi connectivity index (χ0n) is 13.2. The minimum atomic E-state index is -0.650. The number of nitrogens with zero attached hydrogens (tertiary/aromatic N) is 2. The quantitative estimate of drug-likeness (QED) is 0.703. The summed E-state index contributed by atoms with van der Waals surface area (Å²) in [5, 5.41) is 6.54. The summed E-state index contributed by atoms with van der Waals surface area (Å²) >= 11 is 0. The molecule has 0 saturated carbocycles. The van der Waals surface area contributed by atoms with E-state index in [1.54, 1.807) is 48.5 Å². The number of rotatable bonds is 4. The molecule has 25 heavy (non-hydrogen) atoms. The summed E-state index contributed by atoms with van der Waals surface area (Å²) in [4.78, 5) is 38.5. The monoisotopic (exact) mass is 338 g/mol. The lowest BCUT2D eigenvalue weighted by Crippen LogP contribution is -2.17. The fourth-order valence-corrected chi connectivity index (χ4v) is 2.23. The normalized spacial score (nSPS) is 10.3. The van der Waals surface area contributed by atoms with E-state index in [4.69, 9.17) is 0 Å². The highest BCUT2D eigenvalue weighted by atomic mass is 16.5. The van der Waals surface area contributed by atoms with Crippen LogP contribution in [0.2, 0.25) is 0 Å². The Kier molecular flexibility index (Phi) is 4.42. The Hall–Kier alpha value is -3.68. The lowest BCUT2D eigenvalue weighted by Gasteiger charge is -2.08. The number of amides is 1. The Morgan fingerprint density at radius 2 is 1.76 bits per heavy atom. The Balaban J connectivity index is 1.89. The second-order valence-electron chi connectivity index (χ2n) is 5.02. The number of aromatic nitrogens is 3. The Morgan fingerprint density at radius 1 is 1.08 bits per heavy atom. The number of anilines is 1. The van der Waals surface area contributed by atoms with Gasteiger partial charge in [0.15, 0.2) is 0 Å². The molecule has 0 radical (unpaired) electrons. The zero-order chi connectivity index (χ0) is 17.8. The molecule has 3 rings (SSSR count). The Bertz CT molecular complexity index is 976. The molecule has 1 amide bonds. The van der Waals surface area contributed by atoms with E-state index in [-0.39, 0.29) is 17.1 Å². The number of methoxy groups -OCH3 is 1. The predicted octanol–water partition coefficient (Wildman–Crippen LogP) is 1.60. The van der Waals surface area contributed by atoms with Gasteiger partial charge in [-0.25, -0.2) is 9.59 Å². The topological polar surface area (TPSA) is 106 Å². The molecule has 1 heterocycles.